The maximum absolute atomic E-state index is 4.51. The standard InChI is InChI=1S/C11H22S/c1-11(2,3)8-9-4-6-10(12)7-5-9/h9-10,12H,4-8H2,1-3H3. The van der Waals surface area contributed by atoms with Gasteiger partial charge in [-0.25, -0.2) is 0 Å². The van der Waals surface area contributed by atoms with Crippen molar-refractivity contribution in [1.82, 2.24) is 0 Å². The van der Waals surface area contributed by atoms with Crippen molar-refractivity contribution >= 4 is 12.6 Å². The van der Waals surface area contributed by atoms with E-state index in [1.165, 1.54) is 32.1 Å². The van der Waals surface area contributed by atoms with Crippen molar-refractivity contribution in [1.29, 1.82) is 0 Å². The van der Waals surface area contributed by atoms with Gasteiger partial charge in [0.25, 0.3) is 0 Å². The van der Waals surface area contributed by atoms with E-state index in [-0.39, 0.29) is 0 Å². The predicted molar refractivity (Wildman–Crippen MR) is 58.8 cm³/mol. The van der Waals surface area contributed by atoms with E-state index in [4.69, 9.17) is 0 Å². The first-order chi connectivity index (χ1) is 5.47. The van der Waals surface area contributed by atoms with Crippen molar-refractivity contribution in [3.63, 3.8) is 0 Å². The van der Waals surface area contributed by atoms with Crippen LogP contribution in [0.5, 0.6) is 0 Å². The molecule has 1 aliphatic rings. The topological polar surface area (TPSA) is 0 Å². The summed E-state index contributed by atoms with van der Waals surface area (Å²) in [6.45, 7) is 7.04. The molecule has 0 aromatic carbocycles. The lowest BCUT2D eigenvalue weighted by atomic mass is 9.77. The van der Waals surface area contributed by atoms with Crippen LogP contribution in [0.1, 0.15) is 52.9 Å². The fourth-order valence-electron chi connectivity index (χ4n) is 2.22. The van der Waals surface area contributed by atoms with Crippen LogP contribution in [0.15, 0.2) is 0 Å². The molecular weight excluding hydrogens is 164 g/mol. The summed E-state index contributed by atoms with van der Waals surface area (Å²) < 4.78 is 0. The molecule has 0 N–H and O–H groups in total. The van der Waals surface area contributed by atoms with Crippen LogP contribution in [0.25, 0.3) is 0 Å². The highest BCUT2D eigenvalue weighted by Gasteiger charge is 2.23. The van der Waals surface area contributed by atoms with E-state index in [1.54, 1.807) is 0 Å². The average Bonchev–Trinajstić information content (AvgIpc) is 1.91. The molecule has 12 heavy (non-hydrogen) atoms. The van der Waals surface area contributed by atoms with Gasteiger partial charge in [-0.1, -0.05) is 20.8 Å². The van der Waals surface area contributed by atoms with Crippen molar-refractivity contribution in [2.75, 3.05) is 0 Å². The van der Waals surface area contributed by atoms with Crippen LogP contribution < -0.4 is 0 Å². The summed E-state index contributed by atoms with van der Waals surface area (Å²) in [5, 5.41) is 0.696. The third-order valence-corrected chi connectivity index (χ3v) is 3.23. The fourth-order valence-corrected chi connectivity index (χ4v) is 2.51. The third kappa shape index (κ3) is 3.84. The van der Waals surface area contributed by atoms with Crippen LogP contribution in [0.4, 0.5) is 0 Å². The van der Waals surface area contributed by atoms with Crippen LogP contribution in [0, 0.1) is 11.3 Å². The fraction of sp³-hybridized carbons (Fsp3) is 1.00. The molecule has 1 heteroatoms. The van der Waals surface area contributed by atoms with Crippen LogP contribution in [-0.2, 0) is 0 Å². The Kier molecular flexibility index (Phi) is 3.51. The van der Waals surface area contributed by atoms with Crippen molar-refractivity contribution < 1.29 is 0 Å². The molecule has 1 rings (SSSR count). The van der Waals surface area contributed by atoms with Gasteiger partial charge >= 0.3 is 0 Å². The summed E-state index contributed by atoms with van der Waals surface area (Å²) in [4.78, 5) is 0. The van der Waals surface area contributed by atoms with Crippen molar-refractivity contribution in [3.05, 3.63) is 0 Å². The lowest BCUT2D eigenvalue weighted by Crippen LogP contribution is -2.19. The van der Waals surface area contributed by atoms with Gasteiger partial charge in [-0.3, -0.25) is 0 Å². The largest absolute Gasteiger partial charge is 0.176 e. The summed E-state index contributed by atoms with van der Waals surface area (Å²) in [6, 6.07) is 0. The van der Waals surface area contributed by atoms with Crippen LogP contribution in [-0.4, -0.2) is 5.25 Å². The maximum Gasteiger partial charge on any atom is 0.00170 e. The molecule has 0 atom stereocenters. The minimum Gasteiger partial charge on any atom is -0.176 e. The lowest BCUT2D eigenvalue weighted by molar-refractivity contribution is 0.243. The average molecular weight is 186 g/mol. The molecule has 0 nitrogen and oxygen atoms in total. The van der Waals surface area contributed by atoms with E-state index >= 15 is 0 Å². The SMILES string of the molecule is CC(C)(C)CC1CCC(S)CC1. The van der Waals surface area contributed by atoms with Gasteiger partial charge < -0.3 is 0 Å². The highest BCUT2D eigenvalue weighted by Crippen LogP contribution is 2.35. The summed E-state index contributed by atoms with van der Waals surface area (Å²) in [6.07, 6.45) is 6.89. The first kappa shape index (κ1) is 10.4. The molecule has 0 aliphatic heterocycles. The second kappa shape index (κ2) is 4.04. The van der Waals surface area contributed by atoms with Gasteiger partial charge in [-0.05, 0) is 43.4 Å². The highest BCUT2D eigenvalue weighted by molar-refractivity contribution is 7.80. The summed E-state index contributed by atoms with van der Waals surface area (Å²) in [5.74, 6) is 0.980. The molecule has 0 heterocycles. The monoisotopic (exact) mass is 186 g/mol. The van der Waals surface area contributed by atoms with Crippen LogP contribution in [0.2, 0.25) is 0 Å². The number of hydrogen-bond donors (Lipinski definition) is 1. The van der Waals surface area contributed by atoms with Gasteiger partial charge in [0.1, 0.15) is 0 Å². The first-order valence-electron chi connectivity index (χ1n) is 5.15. The zero-order valence-corrected chi connectivity index (χ0v) is 9.53. The van der Waals surface area contributed by atoms with Crippen LogP contribution in [0.3, 0.4) is 0 Å². The van der Waals surface area contributed by atoms with E-state index in [0.29, 0.717) is 10.7 Å². The van der Waals surface area contributed by atoms with Gasteiger partial charge in [-0.2, -0.15) is 12.6 Å². The second-order valence-corrected chi connectivity index (χ2v) is 6.17. The molecule has 0 spiro atoms. The molecule has 1 saturated carbocycles. The van der Waals surface area contributed by atoms with Gasteiger partial charge in [0.2, 0.25) is 0 Å². The molecule has 0 bridgehead atoms. The molecule has 0 radical (unpaired) electrons. The smallest absolute Gasteiger partial charge is 0.00170 e. The van der Waals surface area contributed by atoms with Gasteiger partial charge in [0, 0.05) is 5.25 Å². The molecule has 0 saturated heterocycles. The third-order valence-electron chi connectivity index (χ3n) is 2.72. The highest BCUT2D eigenvalue weighted by atomic mass is 32.1. The molecule has 1 fully saturated rings. The Bertz CT molecular complexity index is 126. The summed E-state index contributed by atoms with van der Waals surface area (Å²) >= 11 is 4.51. The Labute approximate surface area is 82.5 Å². The Balaban J connectivity index is 2.26. The Hall–Kier alpha value is 0.350. The lowest BCUT2D eigenvalue weighted by Gasteiger charge is -2.30. The predicted octanol–water partition coefficient (Wildman–Crippen LogP) is 3.91. The number of rotatable bonds is 1. The molecule has 0 aromatic heterocycles. The Morgan fingerprint density at radius 3 is 2.00 bits per heavy atom. The van der Waals surface area contributed by atoms with Gasteiger partial charge in [0.05, 0.1) is 0 Å². The number of thiol groups is 1. The van der Waals surface area contributed by atoms with Gasteiger partial charge in [0.15, 0.2) is 0 Å². The molecule has 1 aliphatic carbocycles. The minimum absolute atomic E-state index is 0.522. The zero-order valence-electron chi connectivity index (χ0n) is 8.64. The molecule has 0 unspecified atom stereocenters. The molecule has 72 valence electrons. The Morgan fingerprint density at radius 1 is 1.08 bits per heavy atom. The molecule has 0 aromatic rings. The first-order valence-corrected chi connectivity index (χ1v) is 5.67. The van der Waals surface area contributed by atoms with E-state index in [1.807, 2.05) is 0 Å². The Morgan fingerprint density at radius 2 is 1.58 bits per heavy atom. The van der Waals surface area contributed by atoms with Gasteiger partial charge in [-0.15, -0.1) is 0 Å². The minimum atomic E-state index is 0.522. The summed E-state index contributed by atoms with van der Waals surface area (Å²) in [5.41, 5.74) is 0.522. The second-order valence-electron chi connectivity index (χ2n) is 5.44. The zero-order chi connectivity index (χ0) is 9.19. The van der Waals surface area contributed by atoms with E-state index in [9.17, 15) is 0 Å². The summed E-state index contributed by atoms with van der Waals surface area (Å²) in [7, 11) is 0. The van der Waals surface area contributed by atoms with E-state index in [2.05, 4.69) is 33.4 Å². The van der Waals surface area contributed by atoms with Crippen molar-refractivity contribution in [2.45, 2.75) is 58.1 Å². The van der Waals surface area contributed by atoms with E-state index < -0.39 is 0 Å². The molecule has 0 amide bonds. The normalized spacial score (nSPS) is 32.0. The van der Waals surface area contributed by atoms with E-state index in [0.717, 1.165) is 5.92 Å². The van der Waals surface area contributed by atoms with Crippen LogP contribution >= 0.6 is 12.6 Å². The quantitative estimate of drug-likeness (QED) is 0.590. The number of hydrogen-bond acceptors (Lipinski definition) is 1. The molecular formula is C11H22S. The maximum atomic E-state index is 4.51. The van der Waals surface area contributed by atoms with Crippen molar-refractivity contribution in [3.8, 4) is 0 Å². The van der Waals surface area contributed by atoms with Crippen molar-refractivity contribution in [2.24, 2.45) is 11.3 Å².